The van der Waals surface area contributed by atoms with Gasteiger partial charge in [-0.25, -0.2) is 4.79 Å². The van der Waals surface area contributed by atoms with Crippen molar-refractivity contribution >= 4 is 74.0 Å². The van der Waals surface area contributed by atoms with E-state index in [1.807, 2.05) is 38.1 Å². The number of benzene rings is 1. The molecule has 0 aliphatic carbocycles. The van der Waals surface area contributed by atoms with Crippen molar-refractivity contribution in [1.82, 2.24) is 36.5 Å². The molecule has 1 aromatic heterocycles. The largest absolute Gasteiger partial charge is 0.480 e. The quantitative estimate of drug-likeness (QED) is 0.0522. The van der Waals surface area contributed by atoms with Crippen molar-refractivity contribution in [1.29, 1.82) is 0 Å². The van der Waals surface area contributed by atoms with E-state index in [0.717, 1.165) is 16.5 Å². The number of aromatic amines is 1. The lowest BCUT2D eigenvalue weighted by Gasteiger charge is -2.31. The Morgan fingerprint density at radius 1 is 1.06 bits per heavy atom. The molecule has 4 rings (SSSR count). The summed E-state index contributed by atoms with van der Waals surface area (Å²) < 4.78 is 0. The van der Waals surface area contributed by atoms with Gasteiger partial charge in [-0.2, -0.15) is 0 Å². The van der Waals surface area contributed by atoms with Gasteiger partial charge in [0.25, 0.3) is 0 Å². The minimum absolute atomic E-state index is 0.00482. The van der Waals surface area contributed by atoms with Crippen LogP contribution in [0.2, 0.25) is 0 Å². The third kappa shape index (κ3) is 11.8. The summed E-state index contributed by atoms with van der Waals surface area (Å²) in [6.07, 6.45) is 3.78. The number of carboxylic acid groups (broad SMARTS) is 1. The van der Waals surface area contributed by atoms with Crippen LogP contribution in [0, 0.1) is 5.92 Å². The Kier molecular flexibility index (Phi) is 15.9. The third-order valence-electron chi connectivity index (χ3n) is 9.30. The van der Waals surface area contributed by atoms with E-state index in [9.17, 15) is 33.9 Å². The number of aromatic nitrogens is 1. The minimum Gasteiger partial charge on any atom is -0.480 e. The lowest BCUT2D eigenvalue weighted by atomic mass is 10.0. The normalized spacial score (nSPS) is 22.4. The number of carbonyl (C=O) groups is 6. The Bertz CT molecular complexity index is 1680. The molecule has 0 spiro atoms. The Hall–Kier alpha value is -4.49. The third-order valence-corrected chi connectivity index (χ3v) is 11.7. The van der Waals surface area contributed by atoms with E-state index in [1.165, 1.54) is 26.5 Å². The first-order valence-corrected chi connectivity index (χ1v) is 20.5. The molecule has 2 aromatic rings. The molecule has 19 heteroatoms. The van der Waals surface area contributed by atoms with Gasteiger partial charge in [-0.1, -0.05) is 53.6 Å². The second-order valence-electron chi connectivity index (χ2n) is 13.8. The van der Waals surface area contributed by atoms with Crippen LogP contribution < -0.4 is 38.1 Å². The van der Waals surface area contributed by atoms with E-state index in [1.54, 1.807) is 13.2 Å². The maximum atomic E-state index is 14.2. The number of amides is 5. The number of aliphatic carboxylic acids is 1. The van der Waals surface area contributed by atoms with E-state index < -0.39 is 71.8 Å². The van der Waals surface area contributed by atoms with Crippen LogP contribution in [0.5, 0.6) is 0 Å². The van der Waals surface area contributed by atoms with Gasteiger partial charge in [-0.3, -0.25) is 29.0 Å². The highest BCUT2D eigenvalue weighted by Crippen LogP contribution is 2.27. The Labute approximate surface area is 322 Å². The zero-order valence-corrected chi connectivity index (χ0v) is 32.4. The molecule has 2 aliphatic rings. The molecule has 54 heavy (non-hydrogen) atoms. The first-order valence-electron chi connectivity index (χ1n) is 18.1. The highest BCUT2D eigenvalue weighted by atomic mass is 33.1. The summed E-state index contributed by atoms with van der Waals surface area (Å²) in [5, 5.41) is 24.7. The Morgan fingerprint density at radius 2 is 1.80 bits per heavy atom. The van der Waals surface area contributed by atoms with Crippen LogP contribution in [0.1, 0.15) is 51.5 Å². The maximum absolute atomic E-state index is 14.2. The summed E-state index contributed by atoms with van der Waals surface area (Å²) in [5.41, 5.74) is 12.4. The number of fused-ring (bicyclic) bond motifs is 2. The molecular weight excluding hydrogens is 737 g/mol. The lowest BCUT2D eigenvalue weighted by Crippen LogP contribution is -2.60. The van der Waals surface area contributed by atoms with Crippen LogP contribution in [0.3, 0.4) is 0 Å². The molecule has 6 atom stereocenters. The van der Waals surface area contributed by atoms with Crippen LogP contribution in [-0.2, 0) is 35.2 Å². The molecule has 5 amide bonds. The number of carboxylic acids is 1. The van der Waals surface area contributed by atoms with Crippen molar-refractivity contribution in [2.24, 2.45) is 22.4 Å². The van der Waals surface area contributed by atoms with Gasteiger partial charge in [0.1, 0.15) is 30.2 Å². The summed E-state index contributed by atoms with van der Waals surface area (Å²) in [6.45, 7) is 4.29. The molecule has 0 radical (unpaired) electrons. The SMILES string of the molecule is CN[C@@H](CCCN=C(N)N)C(=O)N[C@H]1CSSC[C@@H](C(=O)N[C@@H](CC(C)C)C(=O)O)NC(=O)[C@H](Cc2c[nH]c3ccccc23)NC(=O)[C@@H]2CCCN2C1=O. The summed E-state index contributed by atoms with van der Waals surface area (Å²) >= 11 is 0. The number of rotatable bonds is 14. The predicted molar refractivity (Wildman–Crippen MR) is 209 cm³/mol. The molecule has 0 unspecified atom stereocenters. The highest BCUT2D eigenvalue weighted by molar-refractivity contribution is 8.76. The molecule has 1 aromatic carbocycles. The van der Waals surface area contributed by atoms with Gasteiger partial charge in [0.05, 0.1) is 6.04 Å². The van der Waals surface area contributed by atoms with Crippen LogP contribution in [0.25, 0.3) is 10.9 Å². The fourth-order valence-corrected chi connectivity index (χ4v) is 8.83. The van der Waals surface area contributed by atoms with Crippen molar-refractivity contribution in [2.45, 2.75) is 88.6 Å². The van der Waals surface area contributed by atoms with E-state index in [-0.39, 0.29) is 42.8 Å². The minimum atomic E-state index is -1.20. The standard InChI is InChI=1S/C35H52N10O7S2/c1-19(2)14-25(34(51)52)42-31(48)26-17-53-54-18-27(44-29(46)23(38-3)10-6-12-39-35(36)37)33(50)45-13-7-11-28(45)32(49)41-24(30(47)43-26)15-20-16-40-22-9-5-4-8-21(20)22/h4-5,8-9,16,19,23-28,38,40H,6-7,10-15,17-18H2,1-3H3,(H,41,49)(H,42,48)(H,43,47)(H,44,46)(H,51,52)(H4,36,37,39)/t23-,24-,25-,26-,27-,28-/m0/s1. The zero-order chi connectivity index (χ0) is 39.4. The van der Waals surface area contributed by atoms with Crippen molar-refractivity contribution < 1.29 is 33.9 Å². The maximum Gasteiger partial charge on any atom is 0.326 e. The highest BCUT2D eigenvalue weighted by Gasteiger charge is 2.40. The van der Waals surface area contributed by atoms with Crippen molar-refractivity contribution in [2.75, 3.05) is 31.6 Å². The number of nitrogens with one attached hydrogen (secondary N) is 6. The van der Waals surface area contributed by atoms with Crippen molar-refractivity contribution in [3.05, 3.63) is 36.0 Å². The van der Waals surface area contributed by atoms with E-state index in [2.05, 4.69) is 36.6 Å². The van der Waals surface area contributed by atoms with Gasteiger partial charge in [0.15, 0.2) is 5.96 Å². The summed E-state index contributed by atoms with van der Waals surface area (Å²) in [6, 6.07) is 1.40. The van der Waals surface area contributed by atoms with Crippen LogP contribution in [0.15, 0.2) is 35.5 Å². The smallest absolute Gasteiger partial charge is 0.326 e. The van der Waals surface area contributed by atoms with Gasteiger partial charge < -0.3 is 53.0 Å². The van der Waals surface area contributed by atoms with Crippen molar-refractivity contribution in [3.63, 3.8) is 0 Å². The number of para-hydroxylation sites is 1. The van der Waals surface area contributed by atoms with Crippen LogP contribution >= 0.6 is 21.6 Å². The topological polar surface area (TPSA) is 266 Å². The number of carbonyl (C=O) groups excluding carboxylic acids is 5. The molecule has 11 N–H and O–H groups in total. The number of nitrogens with zero attached hydrogens (tertiary/aromatic N) is 2. The van der Waals surface area contributed by atoms with Gasteiger partial charge in [-0.05, 0) is 56.7 Å². The van der Waals surface area contributed by atoms with Gasteiger partial charge >= 0.3 is 5.97 Å². The summed E-state index contributed by atoms with van der Waals surface area (Å²) in [5.74, 6) is -3.94. The molecule has 3 heterocycles. The average Bonchev–Trinajstić information content (AvgIpc) is 3.78. The zero-order valence-electron chi connectivity index (χ0n) is 30.8. The molecular formula is C35H52N10O7S2. The fourth-order valence-electron chi connectivity index (χ4n) is 6.51. The number of hydrogen-bond acceptors (Lipinski definition) is 10. The number of hydrogen-bond donors (Lipinski definition) is 9. The van der Waals surface area contributed by atoms with E-state index >= 15 is 0 Å². The fraction of sp³-hybridized carbons (Fsp3) is 0.571. The van der Waals surface area contributed by atoms with Crippen LogP contribution in [-0.4, -0.2) is 124 Å². The molecule has 0 saturated carbocycles. The van der Waals surface area contributed by atoms with Crippen molar-refractivity contribution in [3.8, 4) is 0 Å². The first-order chi connectivity index (χ1) is 25.8. The van der Waals surface area contributed by atoms with Gasteiger partial charge in [0, 0.05) is 48.1 Å². The molecule has 17 nitrogen and oxygen atoms in total. The predicted octanol–water partition coefficient (Wildman–Crippen LogP) is -0.192. The van der Waals surface area contributed by atoms with Gasteiger partial charge in [-0.15, -0.1) is 0 Å². The lowest BCUT2D eigenvalue weighted by molar-refractivity contribution is -0.143. The molecule has 2 saturated heterocycles. The second kappa shape index (κ2) is 20.3. The first kappa shape index (κ1) is 42.3. The monoisotopic (exact) mass is 788 g/mol. The second-order valence-corrected chi connectivity index (χ2v) is 16.4. The molecule has 296 valence electrons. The number of nitrogens with two attached hydrogens (primary N) is 2. The number of aliphatic imine (C=N–C) groups is 1. The molecule has 0 bridgehead atoms. The molecule has 2 aliphatic heterocycles. The van der Waals surface area contributed by atoms with E-state index in [4.69, 9.17) is 11.5 Å². The summed E-state index contributed by atoms with van der Waals surface area (Å²) in [7, 11) is 4.04. The molecule has 2 fully saturated rings. The number of likely N-dealkylation sites (N-methyl/N-ethyl adjacent to an activating group) is 1. The average molecular weight is 789 g/mol. The summed E-state index contributed by atoms with van der Waals surface area (Å²) in [4.78, 5) is 90.0. The number of guanidine groups is 1. The van der Waals surface area contributed by atoms with Gasteiger partial charge in [0.2, 0.25) is 29.5 Å². The number of H-pyrrole nitrogens is 1. The van der Waals surface area contributed by atoms with E-state index in [0.29, 0.717) is 32.2 Å². The Morgan fingerprint density at radius 3 is 2.50 bits per heavy atom. The van der Waals surface area contributed by atoms with Crippen LogP contribution in [0.4, 0.5) is 0 Å². The Balaban J connectivity index is 1.63.